The van der Waals surface area contributed by atoms with Gasteiger partial charge in [-0.1, -0.05) is 52.6 Å². The molecule has 0 radical (unpaired) electrons. The third-order valence-electron chi connectivity index (χ3n) is 10.6. The fraction of sp³-hybridized carbons (Fsp3) is 0.889. The highest BCUT2D eigenvalue weighted by Gasteiger charge is 2.64. The van der Waals surface area contributed by atoms with Crippen LogP contribution in [0.2, 0.25) is 0 Å². The van der Waals surface area contributed by atoms with Crippen LogP contribution in [0.25, 0.3) is 0 Å². The molecular weight excluding hydrogens is 562 g/mol. The average molecular weight is 603 g/mol. The van der Waals surface area contributed by atoms with Gasteiger partial charge in [-0.25, -0.2) is 0 Å². The summed E-state index contributed by atoms with van der Waals surface area (Å²) in [5.74, 6) is 2.87. The zero-order valence-corrected chi connectivity index (χ0v) is 24.3. The Hall–Kier alpha value is -0.430. The van der Waals surface area contributed by atoms with Crippen molar-refractivity contribution in [1.29, 1.82) is 0 Å². The van der Waals surface area contributed by atoms with Crippen LogP contribution in [0.4, 0.5) is 0 Å². The molecule has 0 heterocycles. The van der Waals surface area contributed by atoms with Gasteiger partial charge in [0.05, 0.1) is 0 Å². The highest BCUT2D eigenvalue weighted by molar-refractivity contribution is 9.25. The van der Waals surface area contributed by atoms with E-state index in [2.05, 4.69) is 57.9 Å². The minimum atomic E-state index is -0.765. The molecule has 7 heteroatoms. The molecule has 0 aromatic rings. The number of ketones is 1. The Morgan fingerprint density at radius 1 is 1.21 bits per heavy atom. The number of rotatable bonds is 7. The third-order valence-corrected chi connectivity index (χ3v) is 11.9. The van der Waals surface area contributed by atoms with Gasteiger partial charge in [0.15, 0.2) is 3.23 Å². The minimum Gasteiger partial charge on any atom is -0.465 e. The molecule has 4 fully saturated rings. The molecule has 4 aliphatic carbocycles. The fourth-order valence-electron chi connectivity index (χ4n) is 9.14. The van der Waals surface area contributed by atoms with E-state index in [1.54, 1.807) is 0 Å². The van der Waals surface area contributed by atoms with Crippen molar-refractivity contribution in [3.8, 4) is 0 Å². The molecule has 4 rings (SSSR count). The SMILES string of the molecule is CCNC(=O)C(Br)(Br)C[C@@H](C)[C@H]1CC[C@H]2[C@@H]3CC[C@@H]4C[C@H](OC=O)CC[C@]4(C)[C@H]3C(=O)C[C@]12C. The number of halogens is 2. The molecule has 1 amide bonds. The number of fused-ring (bicyclic) bond motifs is 5. The molecule has 5 nitrogen and oxygen atoms in total. The summed E-state index contributed by atoms with van der Waals surface area (Å²) in [6.07, 6.45) is 8.74. The summed E-state index contributed by atoms with van der Waals surface area (Å²) in [5, 5.41) is 2.92. The number of carbonyl (C=O) groups is 3. The number of nitrogens with one attached hydrogen (secondary N) is 1. The summed E-state index contributed by atoms with van der Waals surface area (Å²) in [6.45, 7) is 10.1. The van der Waals surface area contributed by atoms with E-state index in [0.29, 0.717) is 61.2 Å². The predicted molar refractivity (Wildman–Crippen MR) is 140 cm³/mol. The van der Waals surface area contributed by atoms with Crippen LogP contribution in [0.5, 0.6) is 0 Å². The maximum Gasteiger partial charge on any atom is 0.293 e. The molecule has 4 aliphatic rings. The van der Waals surface area contributed by atoms with Crippen molar-refractivity contribution in [2.75, 3.05) is 6.54 Å². The van der Waals surface area contributed by atoms with Crippen LogP contribution in [0.3, 0.4) is 0 Å². The highest BCUT2D eigenvalue weighted by atomic mass is 79.9. The molecule has 9 atom stereocenters. The van der Waals surface area contributed by atoms with Crippen molar-refractivity contribution in [3.63, 3.8) is 0 Å². The van der Waals surface area contributed by atoms with Gasteiger partial charge in [0.1, 0.15) is 11.9 Å². The Balaban J connectivity index is 1.52. The minimum absolute atomic E-state index is 0.00993. The lowest BCUT2D eigenvalue weighted by Crippen LogP contribution is -2.58. The van der Waals surface area contributed by atoms with Crippen molar-refractivity contribution in [2.45, 2.75) is 94.8 Å². The Bertz CT molecular complexity index is 818. The summed E-state index contributed by atoms with van der Waals surface area (Å²) in [7, 11) is 0. The Morgan fingerprint density at radius 3 is 2.62 bits per heavy atom. The van der Waals surface area contributed by atoms with Crippen molar-refractivity contribution in [2.24, 2.45) is 46.3 Å². The first-order valence-electron chi connectivity index (χ1n) is 13.3. The Kier molecular flexibility index (Phi) is 7.67. The van der Waals surface area contributed by atoms with Gasteiger partial charge in [0.2, 0.25) is 5.91 Å². The summed E-state index contributed by atoms with van der Waals surface area (Å²) < 4.78 is 4.57. The number of alkyl halides is 2. The molecule has 1 N–H and O–H groups in total. The number of ether oxygens (including phenoxy) is 1. The number of carbonyl (C=O) groups excluding carboxylic acids is 3. The van der Waals surface area contributed by atoms with Crippen molar-refractivity contribution in [1.82, 2.24) is 5.32 Å². The van der Waals surface area contributed by atoms with Crippen molar-refractivity contribution >= 4 is 50.0 Å². The Morgan fingerprint density at radius 2 is 1.94 bits per heavy atom. The first kappa shape index (κ1) is 26.6. The quantitative estimate of drug-likeness (QED) is 0.286. The van der Waals surface area contributed by atoms with E-state index in [-0.39, 0.29) is 28.8 Å². The van der Waals surface area contributed by atoms with E-state index < -0.39 is 3.23 Å². The van der Waals surface area contributed by atoms with Crippen LogP contribution in [-0.4, -0.2) is 34.0 Å². The van der Waals surface area contributed by atoms with Crippen molar-refractivity contribution in [3.05, 3.63) is 0 Å². The molecule has 0 spiro atoms. The number of hydrogen-bond acceptors (Lipinski definition) is 4. The van der Waals surface area contributed by atoms with Gasteiger partial charge in [0, 0.05) is 18.9 Å². The van der Waals surface area contributed by atoms with Gasteiger partial charge >= 0.3 is 0 Å². The van der Waals surface area contributed by atoms with E-state index in [4.69, 9.17) is 4.74 Å². The molecule has 0 unspecified atom stereocenters. The zero-order valence-electron chi connectivity index (χ0n) is 21.1. The molecule has 4 saturated carbocycles. The molecule has 0 bridgehead atoms. The van der Waals surface area contributed by atoms with Gasteiger partial charge in [-0.15, -0.1) is 0 Å². The lowest BCUT2D eigenvalue weighted by molar-refractivity contribution is -0.166. The second-order valence-corrected chi connectivity index (χ2v) is 16.0. The summed E-state index contributed by atoms with van der Waals surface area (Å²) in [6, 6.07) is 0. The summed E-state index contributed by atoms with van der Waals surface area (Å²) in [4.78, 5) is 37.4. The maximum absolute atomic E-state index is 13.9. The van der Waals surface area contributed by atoms with E-state index in [1.807, 2.05) is 6.92 Å². The van der Waals surface area contributed by atoms with Gasteiger partial charge in [-0.2, -0.15) is 0 Å². The van der Waals surface area contributed by atoms with Crippen LogP contribution in [0.1, 0.15) is 85.5 Å². The number of Topliss-reactive ketones (excluding diaryl/α,β-unsaturated/α-hetero) is 1. The fourth-order valence-corrected chi connectivity index (χ4v) is 10.4. The smallest absolute Gasteiger partial charge is 0.293 e. The van der Waals surface area contributed by atoms with Crippen LogP contribution in [0.15, 0.2) is 0 Å². The largest absolute Gasteiger partial charge is 0.465 e. The summed E-state index contributed by atoms with van der Waals surface area (Å²) >= 11 is 7.27. The van der Waals surface area contributed by atoms with Crippen LogP contribution < -0.4 is 5.32 Å². The molecule has 0 aromatic heterocycles. The molecule has 0 aromatic carbocycles. The third kappa shape index (κ3) is 4.43. The Labute approximate surface area is 221 Å². The molecule has 192 valence electrons. The first-order chi connectivity index (χ1) is 16.0. The van der Waals surface area contributed by atoms with Gasteiger partial charge in [-0.3, -0.25) is 14.4 Å². The van der Waals surface area contributed by atoms with Gasteiger partial charge in [0.25, 0.3) is 6.47 Å². The van der Waals surface area contributed by atoms with Crippen LogP contribution >= 0.6 is 31.9 Å². The normalized spacial score (nSPS) is 42.7. The topological polar surface area (TPSA) is 72.5 Å². The van der Waals surface area contributed by atoms with E-state index in [1.165, 1.54) is 6.42 Å². The van der Waals surface area contributed by atoms with Crippen LogP contribution in [-0.2, 0) is 19.1 Å². The van der Waals surface area contributed by atoms with Crippen LogP contribution in [0, 0.1) is 46.3 Å². The molecule has 0 saturated heterocycles. The lowest BCUT2D eigenvalue weighted by atomic mass is 9.44. The molecular formula is C27H41Br2NO4. The number of hydrogen-bond donors (Lipinski definition) is 1. The lowest BCUT2D eigenvalue weighted by Gasteiger charge is -2.60. The zero-order chi connectivity index (χ0) is 24.9. The average Bonchev–Trinajstić information content (AvgIpc) is 3.10. The highest BCUT2D eigenvalue weighted by Crippen LogP contribution is 2.67. The van der Waals surface area contributed by atoms with E-state index in [0.717, 1.165) is 38.5 Å². The van der Waals surface area contributed by atoms with E-state index in [9.17, 15) is 14.4 Å². The number of amides is 1. The first-order valence-corrected chi connectivity index (χ1v) is 14.8. The second-order valence-electron chi connectivity index (χ2n) is 12.2. The maximum atomic E-state index is 13.9. The standard InChI is InChI=1S/C27H41Br2NO4/c1-5-30-24(33)27(28,29)13-16(2)20-8-9-21-19-7-6-17-12-18(34-15-31)10-11-25(17,3)23(19)22(32)14-26(20,21)4/h15-21,23H,5-14H2,1-4H3,(H,30,33)/t16-,17-,18-,19+,20-,21+,23-,25+,26-/m1/s1. The molecule has 0 aliphatic heterocycles. The predicted octanol–water partition coefficient (Wildman–Crippen LogP) is 6.01. The van der Waals surface area contributed by atoms with Gasteiger partial charge in [-0.05, 0) is 98.7 Å². The monoisotopic (exact) mass is 601 g/mol. The summed E-state index contributed by atoms with van der Waals surface area (Å²) in [5.41, 5.74) is 0.0445. The van der Waals surface area contributed by atoms with Gasteiger partial charge < -0.3 is 10.1 Å². The van der Waals surface area contributed by atoms with E-state index >= 15 is 0 Å². The van der Waals surface area contributed by atoms with Crippen molar-refractivity contribution < 1.29 is 19.1 Å². The second kappa shape index (κ2) is 9.79. The molecule has 34 heavy (non-hydrogen) atoms.